The topological polar surface area (TPSA) is 78.5 Å². The summed E-state index contributed by atoms with van der Waals surface area (Å²) in [7, 11) is 0. The molecule has 6 nitrogen and oxygen atoms in total. The van der Waals surface area contributed by atoms with Gasteiger partial charge in [0, 0.05) is 16.8 Å². The van der Waals surface area contributed by atoms with Gasteiger partial charge in [0.15, 0.2) is 11.5 Å². The second-order valence-electron chi connectivity index (χ2n) is 6.11. The fourth-order valence-corrected chi connectivity index (χ4v) is 3.22. The van der Waals surface area contributed by atoms with Crippen LogP contribution in [0.1, 0.15) is 32.1 Å². The summed E-state index contributed by atoms with van der Waals surface area (Å²) < 4.78 is 0. The Balaban J connectivity index is 1.62. The maximum Gasteiger partial charge on any atom is 0.231 e. The molecular weight excluding hydrogens is 324 g/mol. The maximum absolute atomic E-state index is 5.93. The largest absolute Gasteiger partial charge is 0.365 e. The van der Waals surface area contributed by atoms with Crippen LogP contribution in [0.5, 0.6) is 0 Å². The molecule has 0 atom stereocenters. The number of hydrogen-bond donors (Lipinski definition) is 3. The van der Waals surface area contributed by atoms with Crippen molar-refractivity contribution in [2.24, 2.45) is 0 Å². The van der Waals surface area contributed by atoms with Gasteiger partial charge in [-0.25, -0.2) is 4.98 Å². The minimum atomic E-state index is 0.462. The van der Waals surface area contributed by atoms with Gasteiger partial charge in [0.25, 0.3) is 0 Å². The highest BCUT2D eigenvalue weighted by atomic mass is 35.5. The lowest BCUT2D eigenvalue weighted by Gasteiger charge is -2.23. The Hall–Kier alpha value is -2.34. The molecule has 124 valence electrons. The third kappa shape index (κ3) is 3.28. The molecule has 0 saturated heterocycles. The number of halogens is 1. The summed E-state index contributed by atoms with van der Waals surface area (Å²) in [4.78, 5) is 16.5. The van der Waals surface area contributed by atoms with E-state index < -0.39 is 0 Å². The molecule has 2 aromatic heterocycles. The van der Waals surface area contributed by atoms with Gasteiger partial charge in [-0.1, -0.05) is 30.9 Å². The number of fused-ring (bicyclic) bond motifs is 1. The number of hydrogen-bond acceptors (Lipinski definition) is 5. The van der Waals surface area contributed by atoms with E-state index in [1.54, 1.807) is 6.33 Å². The number of rotatable bonds is 4. The molecule has 4 rings (SSSR count). The summed E-state index contributed by atoms with van der Waals surface area (Å²) in [5.74, 6) is 1.33. The van der Waals surface area contributed by atoms with Crippen molar-refractivity contribution < 1.29 is 0 Å². The van der Waals surface area contributed by atoms with Crippen molar-refractivity contribution >= 4 is 40.2 Å². The van der Waals surface area contributed by atoms with Gasteiger partial charge >= 0.3 is 0 Å². The van der Waals surface area contributed by atoms with Gasteiger partial charge in [-0.05, 0) is 37.1 Å². The van der Waals surface area contributed by atoms with E-state index in [1.807, 2.05) is 24.3 Å². The first-order valence-corrected chi connectivity index (χ1v) is 8.66. The lowest BCUT2D eigenvalue weighted by atomic mass is 9.95. The fourth-order valence-electron chi connectivity index (χ4n) is 3.10. The number of anilines is 3. The first-order valence-electron chi connectivity index (χ1n) is 8.28. The zero-order valence-corrected chi connectivity index (χ0v) is 14.0. The van der Waals surface area contributed by atoms with Gasteiger partial charge in [-0.15, -0.1) is 0 Å². The number of nitrogens with one attached hydrogen (secondary N) is 3. The highest BCUT2D eigenvalue weighted by Crippen LogP contribution is 2.26. The molecule has 1 aliphatic rings. The third-order valence-corrected chi connectivity index (χ3v) is 4.58. The van der Waals surface area contributed by atoms with Crippen LogP contribution in [0.15, 0.2) is 30.6 Å². The highest BCUT2D eigenvalue weighted by molar-refractivity contribution is 6.30. The molecule has 0 bridgehead atoms. The lowest BCUT2D eigenvalue weighted by molar-refractivity contribution is 0.462. The SMILES string of the molecule is Clc1ccc(Nc2nc(NC3CCCCC3)c3[nH]cnc3n2)cc1. The predicted octanol–water partition coefficient (Wildman–Crippen LogP) is 4.49. The first-order chi connectivity index (χ1) is 11.8. The van der Waals surface area contributed by atoms with E-state index in [0.29, 0.717) is 22.7 Å². The molecule has 24 heavy (non-hydrogen) atoms. The average Bonchev–Trinajstić information content (AvgIpc) is 3.07. The zero-order chi connectivity index (χ0) is 16.4. The van der Waals surface area contributed by atoms with Gasteiger partial charge < -0.3 is 15.6 Å². The quantitative estimate of drug-likeness (QED) is 0.650. The van der Waals surface area contributed by atoms with Crippen LogP contribution in [0.3, 0.4) is 0 Å². The number of H-pyrrole nitrogens is 1. The fraction of sp³-hybridized carbons (Fsp3) is 0.353. The number of imidazole rings is 1. The zero-order valence-electron chi connectivity index (χ0n) is 13.2. The van der Waals surface area contributed by atoms with Crippen molar-refractivity contribution in [3.8, 4) is 0 Å². The van der Waals surface area contributed by atoms with Crippen LogP contribution >= 0.6 is 11.6 Å². The Morgan fingerprint density at radius 3 is 2.62 bits per heavy atom. The van der Waals surface area contributed by atoms with Gasteiger partial charge in [0.1, 0.15) is 5.52 Å². The summed E-state index contributed by atoms with van der Waals surface area (Å²) in [5.41, 5.74) is 2.39. The van der Waals surface area contributed by atoms with Crippen LogP contribution in [0.4, 0.5) is 17.5 Å². The predicted molar refractivity (Wildman–Crippen MR) is 96.9 cm³/mol. The average molecular weight is 343 g/mol. The minimum absolute atomic E-state index is 0.462. The van der Waals surface area contributed by atoms with Crippen LogP contribution in [-0.2, 0) is 0 Å². The van der Waals surface area contributed by atoms with E-state index in [2.05, 4.69) is 30.6 Å². The van der Waals surface area contributed by atoms with Crippen molar-refractivity contribution in [2.75, 3.05) is 10.6 Å². The number of aromatic nitrogens is 4. The van der Waals surface area contributed by atoms with Gasteiger partial charge in [-0.3, -0.25) is 0 Å². The molecule has 1 aromatic carbocycles. The number of aromatic amines is 1. The molecule has 0 aliphatic heterocycles. The Bertz CT molecular complexity index is 823. The van der Waals surface area contributed by atoms with E-state index in [4.69, 9.17) is 11.6 Å². The molecule has 7 heteroatoms. The lowest BCUT2D eigenvalue weighted by Crippen LogP contribution is -2.23. The second kappa shape index (κ2) is 6.65. The molecule has 0 amide bonds. The van der Waals surface area contributed by atoms with E-state index >= 15 is 0 Å². The van der Waals surface area contributed by atoms with Crippen LogP contribution in [0, 0.1) is 0 Å². The standard InChI is InChI=1S/C17H19ClN6/c18-11-6-8-13(9-7-11)22-17-23-15-14(19-10-20-15)16(24-17)21-12-4-2-1-3-5-12/h6-10,12H,1-5H2,(H3,19,20,21,22,23,24). The first kappa shape index (κ1) is 15.2. The summed E-state index contributed by atoms with van der Waals surface area (Å²) in [6.07, 6.45) is 7.87. The Kier molecular flexibility index (Phi) is 4.21. The molecule has 3 aromatic rings. The highest BCUT2D eigenvalue weighted by Gasteiger charge is 2.17. The molecule has 1 fully saturated rings. The Labute approximate surface area is 145 Å². The van der Waals surface area contributed by atoms with Crippen molar-refractivity contribution in [3.05, 3.63) is 35.6 Å². The summed E-state index contributed by atoms with van der Waals surface area (Å²) >= 11 is 5.93. The molecule has 2 heterocycles. The summed E-state index contributed by atoms with van der Waals surface area (Å²) in [5, 5.41) is 7.48. The maximum atomic E-state index is 5.93. The minimum Gasteiger partial charge on any atom is -0.365 e. The summed E-state index contributed by atoms with van der Waals surface area (Å²) in [6.45, 7) is 0. The van der Waals surface area contributed by atoms with Gasteiger partial charge in [0.2, 0.25) is 5.95 Å². The molecule has 0 unspecified atom stereocenters. The molecular formula is C17H19ClN6. The van der Waals surface area contributed by atoms with Crippen molar-refractivity contribution in [1.29, 1.82) is 0 Å². The molecule has 1 aliphatic carbocycles. The van der Waals surface area contributed by atoms with E-state index in [0.717, 1.165) is 17.0 Å². The second-order valence-corrected chi connectivity index (χ2v) is 6.54. The van der Waals surface area contributed by atoms with Crippen LogP contribution < -0.4 is 10.6 Å². The van der Waals surface area contributed by atoms with Gasteiger partial charge in [0.05, 0.1) is 6.33 Å². The van der Waals surface area contributed by atoms with Crippen LogP contribution in [-0.4, -0.2) is 26.0 Å². The molecule has 0 spiro atoms. The number of nitrogens with zero attached hydrogens (tertiary/aromatic N) is 3. The third-order valence-electron chi connectivity index (χ3n) is 4.33. The molecule has 1 saturated carbocycles. The number of benzene rings is 1. The smallest absolute Gasteiger partial charge is 0.231 e. The Morgan fingerprint density at radius 2 is 1.83 bits per heavy atom. The molecule has 0 radical (unpaired) electrons. The van der Waals surface area contributed by atoms with E-state index in [1.165, 1.54) is 32.1 Å². The van der Waals surface area contributed by atoms with Crippen molar-refractivity contribution in [2.45, 2.75) is 38.1 Å². The van der Waals surface area contributed by atoms with Crippen LogP contribution in [0.2, 0.25) is 5.02 Å². The monoisotopic (exact) mass is 342 g/mol. The van der Waals surface area contributed by atoms with Crippen molar-refractivity contribution in [3.63, 3.8) is 0 Å². The van der Waals surface area contributed by atoms with Crippen LogP contribution in [0.25, 0.3) is 11.2 Å². The summed E-state index contributed by atoms with van der Waals surface area (Å²) in [6, 6.07) is 7.92. The van der Waals surface area contributed by atoms with E-state index in [9.17, 15) is 0 Å². The normalized spacial score (nSPS) is 15.5. The van der Waals surface area contributed by atoms with Gasteiger partial charge in [-0.2, -0.15) is 9.97 Å². The van der Waals surface area contributed by atoms with E-state index in [-0.39, 0.29) is 0 Å². The van der Waals surface area contributed by atoms with Crippen molar-refractivity contribution in [1.82, 2.24) is 19.9 Å². The molecule has 3 N–H and O–H groups in total. The Morgan fingerprint density at radius 1 is 1.04 bits per heavy atom.